The molecule has 2 aliphatic rings. The third-order valence-corrected chi connectivity index (χ3v) is 6.72. The number of hydrogen-bond donors (Lipinski definition) is 0. The van der Waals surface area contributed by atoms with Gasteiger partial charge >= 0.3 is 0 Å². The van der Waals surface area contributed by atoms with Crippen molar-refractivity contribution in [3.63, 3.8) is 0 Å². The average Bonchev–Trinajstić information content (AvgIpc) is 2.42. The molecule has 0 spiro atoms. The first-order valence-corrected chi connectivity index (χ1v) is 16.2. The second-order valence-corrected chi connectivity index (χ2v) is 18.5. The van der Waals surface area contributed by atoms with Crippen LogP contribution >= 0.6 is 0 Å². The molecule has 24 heavy (non-hydrogen) atoms. The summed E-state index contributed by atoms with van der Waals surface area (Å²) in [5, 5.41) is 0. The Hall–Kier alpha value is -0.626. The highest BCUT2D eigenvalue weighted by molar-refractivity contribution is 6.71. The second kappa shape index (κ2) is 7.32. The molecule has 2 fully saturated rings. The maximum Gasteiger partial charge on any atom is 0.295 e. The zero-order valence-electron chi connectivity index (χ0n) is 16.2. The minimum atomic E-state index is -1.80. The standard InChI is InChI=1S/C18H34O4Si2/c1-23(2,3)21-17(19)15-9-7-14-12-16(10-8-13(14)11-15)18(20)22-24(4,5)6/h13-16H,7-12H2,1-6H3. The molecule has 0 heterocycles. The summed E-state index contributed by atoms with van der Waals surface area (Å²) in [5.41, 5.74) is 0. The van der Waals surface area contributed by atoms with Crippen LogP contribution in [0.4, 0.5) is 0 Å². The van der Waals surface area contributed by atoms with Crippen molar-refractivity contribution < 1.29 is 18.4 Å². The van der Waals surface area contributed by atoms with E-state index in [0.717, 1.165) is 38.5 Å². The Morgan fingerprint density at radius 1 is 0.667 bits per heavy atom. The Kier molecular flexibility index (Phi) is 6.01. The molecule has 4 unspecified atom stereocenters. The smallest absolute Gasteiger partial charge is 0.295 e. The molecular formula is C18H34O4Si2. The van der Waals surface area contributed by atoms with Crippen LogP contribution in [0, 0.1) is 23.7 Å². The van der Waals surface area contributed by atoms with E-state index in [9.17, 15) is 9.59 Å². The third-order valence-electron chi connectivity index (χ3n) is 5.09. The summed E-state index contributed by atoms with van der Waals surface area (Å²) in [7, 11) is -3.61. The van der Waals surface area contributed by atoms with E-state index in [2.05, 4.69) is 39.3 Å². The fourth-order valence-electron chi connectivity index (χ4n) is 4.09. The molecule has 0 aliphatic heterocycles. The molecule has 0 amide bonds. The number of carbonyl (C=O) groups excluding carboxylic acids is 2. The third kappa shape index (κ3) is 5.72. The number of fused-ring (bicyclic) bond motifs is 1. The van der Waals surface area contributed by atoms with Gasteiger partial charge in [0.2, 0.25) is 16.6 Å². The predicted octanol–water partition coefficient (Wildman–Crippen LogP) is 4.58. The second-order valence-electron chi connectivity index (χ2n) is 9.61. The molecule has 0 N–H and O–H groups in total. The van der Waals surface area contributed by atoms with Gasteiger partial charge in [-0.05, 0) is 89.6 Å². The molecule has 6 heteroatoms. The van der Waals surface area contributed by atoms with Crippen LogP contribution in [0.1, 0.15) is 38.5 Å². The molecule has 0 aromatic heterocycles. The van der Waals surface area contributed by atoms with E-state index in [1.54, 1.807) is 0 Å². The highest BCUT2D eigenvalue weighted by atomic mass is 28.4. The van der Waals surface area contributed by atoms with Crippen LogP contribution in [0.2, 0.25) is 39.3 Å². The SMILES string of the molecule is C[Si](C)(C)OC(=O)C1CCC2CC(C(=O)O[Si](C)(C)C)CCC2C1. The topological polar surface area (TPSA) is 52.6 Å². The van der Waals surface area contributed by atoms with E-state index in [1.807, 2.05) is 0 Å². The van der Waals surface area contributed by atoms with Crippen LogP contribution in [0.3, 0.4) is 0 Å². The summed E-state index contributed by atoms with van der Waals surface area (Å²) >= 11 is 0. The largest absolute Gasteiger partial charge is 0.520 e. The van der Waals surface area contributed by atoms with Crippen LogP contribution in [0.25, 0.3) is 0 Å². The first-order chi connectivity index (χ1) is 10.9. The molecule has 0 radical (unpaired) electrons. The van der Waals surface area contributed by atoms with Crippen LogP contribution in [0.5, 0.6) is 0 Å². The highest BCUT2D eigenvalue weighted by Gasteiger charge is 2.41. The van der Waals surface area contributed by atoms with Gasteiger partial charge in [0.15, 0.2) is 0 Å². The Labute approximate surface area is 148 Å². The van der Waals surface area contributed by atoms with Crippen LogP contribution in [-0.2, 0) is 18.4 Å². The molecule has 0 aromatic rings. The molecule has 2 saturated carbocycles. The first kappa shape index (κ1) is 19.7. The van der Waals surface area contributed by atoms with Crippen molar-refractivity contribution in [2.45, 2.75) is 77.8 Å². The molecule has 4 atom stereocenters. The van der Waals surface area contributed by atoms with E-state index in [1.165, 1.54) is 0 Å². The van der Waals surface area contributed by atoms with Crippen molar-refractivity contribution in [3.8, 4) is 0 Å². The minimum Gasteiger partial charge on any atom is -0.520 e. The monoisotopic (exact) mass is 370 g/mol. The van der Waals surface area contributed by atoms with Crippen molar-refractivity contribution in [3.05, 3.63) is 0 Å². The fraction of sp³-hybridized carbons (Fsp3) is 0.889. The molecule has 0 bridgehead atoms. The number of carbonyl (C=O) groups is 2. The zero-order chi connectivity index (χ0) is 18.1. The molecule has 4 nitrogen and oxygen atoms in total. The minimum absolute atomic E-state index is 0.0212. The van der Waals surface area contributed by atoms with E-state index in [-0.39, 0.29) is 23.8 Å². The molecular weight excluding hydrogens is 336 g/mol. The molecule has 2 aliphatic carbocycles. The van der Waals surface area contributed by atoms with Gasteiger partial charge in [0.1, 0.15) is 0 Å². The number of rotatable bonds is 4. The van der Waals surface area contributed by atoms with Gasteiger partial charge in [0, 0.05) is 0 Å². The molecule has 0 aromatic carbocycles. The maximum atomic E-state index is 12.4. The Morgan fingerprint density at radius 3 is 1.29 bits per heavy atom. The fourth-order valence-corrected chi connectivity index (χ4v) is 5.63. The predicted molar refractivity (Wildman–Crippen MR) is 101 cm³/mol. The van der Waals surface area contributed by atoms with E-state index in [4.69, 9.17) is 8.85 Å². The van der Waals surface area contributed by atoms with Crippen LogP contribution in [-0.4, -0.2) is 28.6 Å². The lowest BCUT2D eigenvalue weighted by Gasteiger charge is -2.41. The van der Waals surface area contributed by atoms with E-state index >= 15 is 0 Å². The van der Waals surface area contributed by atoms with E-state index in [0.29, 0.717) is 11.8 Å². The van der Waals surface area contributed by atoms with Gasteiger partial charge < -0.3 is 8.85 Å². The van der Waals surface area contributed by atoms with Crippen molar-refractivity contribution in [2.24, 2.45) is 23.7 Å². The van der Waals surface area contributed by atoms with Crippen LogP contribution in [0.15, 0.2) is 0 Å². The van der Waals surface area contributed by atoms with Gasteiger partial charge in [-0.3, -0.25) is 9.59 Å². The molecule has 2 rings (SSSR count). The summed E-state index contributed by atoms with van der Waals surface area (Å²) in [6, 6.07) is 0. The van der Waals surface area contributed by atoms with Crippen molar-refractivity contribution >= 4 is 28.6 Å². The summed E-state index contributed by atoms with van der Waals surface area (Å²) in [6.07, 6.45) is 5.83. The molecule has 0 saturated heterocycles. The van der Waals surface area contributed by atoms with Gasteiger partial charge in [0.25, 0.3) is 11.9 Å². The van der Waals surface area contributed by atoms with Gasteiger partial charge in [-0.1, -0.05) is 0 Å². The normalized spacial score (nSPS) is 31.1. The Bertz CT molecular complexity index is 434. The highest BCUT2D eigenvalue weighted by Crippen LogP contribution is 2.45. The zero-order valence-corrected chi connectivity index (χ0v) is 18.2. The van der Waals surface area contributed by atoms with Gasteiger partial charge in [-0.15, -0.1) is 0 Å². The lowest BCUT2D eigenvalue weighted by Crippen LogP contribution is -2.40. The summed E-state index contributed by atoms with van der Waals surface area (Å²) < 4.78 is 11.4. The number of hydrogen-bond acceptors (Lipinski definition) is 4. The van der Waals surface area contributed by atoms with E-state index < -0.39 is 16.6 Å². The lowest BCUT2D eigenvalue weighted by atomic mass is 9.65. The Balaban J connectivity index is 1.87. The maximum absolute atomic E-state index is 12.4. The van der Waals surface area contributed by atoms with Crippen molar-refractivity contribution in [2.75, 3.05) is 0 Å². The first-order valence-electron chi connectivity index (χ1n) is 9.40. The summed E-state index contributed by atoms with van der Waals surface area (Å²) in [6.45, 7) is 12.4. The van der Waals surface area contributed by atoms with Crippen LogP contribution < -0.4 is 0 Å². The Morgan fingerprint density at radius 2 is 1.00 bits per heavy atom. The van der Waals surface area contributed by atoms with Gasteiger partial charge in [-0.2, -0.15) is 0 Å². The summed E-state index contributed by atoms with van der Waals surface area (Å²) in [5.74, 6) is 1.34. The van der Waals surface area contributed by atoms with Gasteiger partial charge in [0.05, 0.1) is 11.8 Å². The quantitative estimate of drug-likeness (QED) is 0.680. The van der Waals surface area contributed by atoms with Gasteiger partial charge in [-0.25, -0.2) is 0 Å². The average molecular weight is 371 g/mol. The van der Waals surface area contributed by atoms with Crippen molar-refractivity contribution in [1.82, 2.24) is 0 Å². The molecule has 138 valence electrons. The van der Waals surface area contributed by atoms with Crippen molar-refractivity contribution in [1.29, 1.82) is 0 Å². The lowest BCUT2D eigenvalue weighted by molar-refractivity contribution is -0.146. The summed E-state index contributed by atoms with van der Waals surface area (Å²) in [4.78, 5) is 24.7.